The molecule has 2 N–H and O–H groups in total. The predicted molar refractivity (Wildman–Crippen MR) is 99.1 cm³/mol. The van der Waals surface area contributed by atoms with Gasteiger partial charge in [-0.1, -0.05) is 23.4 Å². The van der Waals surface area contributed by atoms with Crippen LogP contribution < -0.4 is 10.5 Å². The molecule has 0 spiro atoms. The summed E-state index contributed by atoms with van der Waals surface area (Å²) in [5, 5.41) is 4.10. The van der Waals surface area contributed by atoms with Gasteiger partial charge in [0, 0.05) is 19.0 Å². The number of aromatic nitrogens is 2. The Kier molecular flexibility index (Phi) is 5.11. The predicted octanol–water partition coefficient (Wildman–Crippen LogP) is 2.58. The van der Waals surface area contributed by atoms with Gasteiger partial charge >= 0.3 is 0 Å². The highest BCUT2D eigenvalue weighted by atomic mass is 16.5. The first kappa shape index (κ1) is 18.0. The minimum absolute atomic E-state index is 0.131. The van der Waals surface area contributed by atoms with Crippen molar-refractivity contribution < 1.29 is 14.1 Å². The van der Waals surface area contributed by atoms with E-state index < -0.39 is 5.54 Å². The molecule has 1 aliphatic heterocycles. The van der Waals surface area contributed by atoms with E-state index in [0.717, 1.165) is 37.9 Å². The largest absolute Gasteiger partial charge is 0.493 e. The van der Waals surface area contributed by atoms with Crippen molar-refractivity contribution in [2.24, 2.45) is 5.73 Å². The van der Waals surface area contributed by atoms with Crippen LogP contribution in [-0.2, 0) is 10.3 Å². The van der Waals surface area contributed by atoms with Gasteiger partial charge in [-0.05, 0) is 44.2 Å². The summed E-state index contributed by atoms with van der Waals surface area (Å²) in [6.45, 7) is 1.81. The Hall–Kier alpha value is -2.41. The Labute approximate surface area is 158 Å². The first-order valence-electron chi connectivity index (χ1n) is 9.73. The van der Waals surface area contributed by atoms with E-state index in [9.17, 15) is 4.79 Å². The van der Waals surface area contributed by atoms with E-state index in [4.69, 9.17) is 15.0 Å². The van der Waals surface area contributed by atoms with Gasteiger partial charge in [0.2, 0.25) is 11.8 Å². The van der Waals surface area contributed by atoms with E-state index in [1.807, 2.05) is 35.2 Å². The molecule has 144 valence electrons. The molecule has 1 aromatic carbocycles. The normalized spacial score (nSPS) is 19.5. The number of hydrogen-bond acceptors (Lipinski definition) is 6. The summed E-state index contributed by atoms with van der Waals surface area (Å²) < 4.78 is 11.1. The highest BCUT2D eigenvalue weighted by Crippen LogP contribution is 2.38. The molecule has 1 aliphatic carbocycles. The second kappa shape index (κ2) is 7.68. The number of nitrogens with zero attached hydrogens (tertiary/aromatic N) is 3. The molecule has 2 fully saturated rings. The average molecular weight is 370 g/mol. The molecule has 4 rings (SSSR count). The van der Waals surface area contributed by atoms with Crippen molar-refractivity contribution in [3.8, 4) is 5.75 Å². The van der Waals surface area contributed by atoms with Crippen LogP contribution in [0.5, 0.6) is 5.75 Å². The molecule has 1 saturated carbocycles. The molecule has 7 nitrogen and oxygen atoms in total. The third-order valence-electron chi connectivity index (χ3n) is 5.66. The van der Waals surface area contributed by atoms with Gasteiger partial charge in [0.05, 0.1) is 18.6 Å². The van der Waals surface area contributed by atoms with Crippen molar-refractivity contribution in [2.75, 3.05) is 19.7 Å². The molecule has 27 heavy (non-hydrogen) atoms. The Bertz CT molecular complexity index is 765. The average Bonchev–Trinajstić information content (AvgIpc) is 3.17. The Morgan fingerprint density at radius 2 is 2.00 bits per heavy atom. The van der Waals surface area contributed by atoms with Crippen LogP contribution in [0.15, 0.2) is 34.9 Å². The summed E-state index contributed by atoms with van der Waals surface area (Å²) in [4.78, 5) is 18.8. The number of ether oxygens (including phenoxy) is 1. The molecule has 0 bridgehead atoms. The summed E-state index contributed by atoms with van der Waals surface area (Å²) in [7, 11) is 0. The van der Waals surface area contributed by atoms with Crippen LogP contribution in [0.1, 0.15) is 56.2 Å². The maximum Gasteiger partial charge on any atom is 0.229 e. The number of carbonyl (C=O) groups excluding carboxylic acids is 1. The molecule has 2 aliphatic rings. The number of hydrogen-bond donors (Lipinski definition) is 1. The second-order valence-corrected chi connectivity index (χ2v) is 7.53. The van der Waals surface area contributed by atoms with Crippen molar-refractivity contribution in [2.45, 2.75) is 50.0 Å². The van der Waals surface area contributed by atoms with Crippen molar-refractivity contribution in [3.05, 3.63) is 42.0 Å². The van der Waals surface area contributed by atoms with Crippen LogP contribution in [0.25, 0.3) is 0 Å². The minimum Gasteiger partial charge on any atom is -0.493 e. The number of rotatable bonds is 6. The van der Waals surface area contributed by atoms with E-state index in [0.29, 0.717) is 37.8 Å². The quantitative estimate of drug-likeness (QED) is 0.840. The summed E-state index contributed by atoms with van der Waals surface area (Å²) >= 11 is 0. The Balaban J connectivity index is 1.23. The van der Waals surface area contributed by atoms with Crippen molar-refractivity contribution >= 4 is 5.91 Å². The molecule has 0 unspecified atom stereocenters. The first-order valence-corrected chi connectivity index (χ1v) is 9.73. The summed E-state index contributed by atoms with van der Waals surface area (Å²) in [6, 6.07) is 9.56. The van der Waals surface area contributed by atoms with Crippen molar-refractivity contribution in [3.63, 3.8) is 0 Å². The van der Waals surface area contributed by atoms with Gasteiger partial charge in [-0.25, -0.2) is 0 Å². The molecule has 2 heterocycles. The van der Waals surface area contributed by atoms with Crippen LogP contribution in [0.4, 0.5) is 0 Å². The van der Waals surface area contributed by atoms with Crippen LogP contribution in [-0.4, -0.2) is 40.6 Å². The zero-order valence-corrected chi connectivity index (χ0v) is 15.5. The van der Waals surface area contributed by atoms with E-state index >= 15 is 0 Å². The maximum atomic E-state index is 12.4. The van der Waals surface area contributed by atoms with Crippen LogP contribution >= 0.6 is 0 Å². The topological polar surface area (TPSA) is 94.5 Å². The molecular weight excluding hydrogens is 344 g/mol. The number of benzene rings is 1. The number of amides is 1. The number of para-hydroxylation sites is 1. The number of likely N-dealkylation sites (tertiary alicyclic amines) is 1. The summed E-state index contributed by atoms with van der Waals surface area (Å²) in [5.41, 5.74) is 5.88. The zero-order valence-electron chi connectivity index (χ0n) is 15.5. The molecule has 1 saturated heterocycles. The fraction of sp³-hybridized carbons (Fsp3) is 0.550. The fourth-order valence-electron chi connectivity index (χ4n) is 3.69. The molecule has 1 aromatic heterocycles. The number of piperidine rings is 1. The first-order chi connectivity index (χ1) is 13.1. The molecule has 2 aromatic rings. The lowest BCUT2D eigenvalue weighted by atomic mass is 9.77. The molecular formula is C20H26N4O3. The number of nitrogens with two attached hydrogens (primary N) is 1. The van der Waals surface area contributed by atoms with Crippen LogP contribution in [0.2, 0.25) is 0 Å². The molecule has 0 radical (unpaired) electrons. The van der Waals surface area contributed by atoms with E-state index in [1.54, 1.807) is 0 Å². The lowest BCUT2D eigenvalue weighted by Crippen LogP contribution is -2.44. The van der Waals surface area contributed by atoms with Gasteiger partial charge < -0.3 is 19.9 Å². The SMILES string of the molecule is NC1(c2noc(C3CCN(C(=O)CCOc4ccccc4)CC3)n2)CCC1. The van der Waals surface area contributed by atoms with E-state index in [-0.39, 0.29) is 11.8 Å². The van der Waals surface area contributed by atoms with Crippen LogP contribution in [0, 0.1) is 0 Å². The van der Waals surface area contributed by atoms with E-state index in [1.165, 1.54) is 0 Å². The van der Waals surface area contributed by atoms with Crippen molar-refractivity contribution in [1.29, 1.82) is 0 Å². The summed E-state index contributed by atoms with van der Waals surface area (Å²) in [5.74, 6) is 2.44. The zero-order chi connectivity index (χ0) is 18.7. The van der Waals surface area contributed by atoms with Gasteiger partial charge in [-0.2, -0.15) is 4.98 Å². The second-order valence-electron chi connectivity index (χ2n) is 7.53. The fourth-order valence-corrected chi connectivity index (χ4v) is 3.69. The minimum atomic E-state index is -0.392. The summed E-state index contributed by atoms with van der Waals surface area (Å²) in [6.07, 6.45) is 5.03. The molecule has 7 heteroatoms. The third-order valence-corrected chi connectivity index (χ3v) is 5.66. The van der Waals surface area contributed by atoms with E-state index in [2.05, 4.69) is 10.1 Å². The lowest BCUT2D eigenvalue weighted by Gasteiger charge is -2.34. The molecule has 0 atom stereocenters. The van der Waals surface area contributed by atoms with Gasteiger partial charge in [0.25, 0.3) is 0 Å². The number of carbonyl (C=O) groups is 1. The Morgan fingerprint density at radius 1 is 1.26 bits per heavy atom. The van der Waals surface area contributed by atoms with Gasteiger partial charge in [0.1, 0.15) is 5.75 Å². The van der Waals surface area contributed by atoms with Gasteiger partial charge in [-0.3, -0.25) is 4.79 Å². The molecule has 1 amide bonds. The van der Waals surface area contributed by atoms with Crippen molar-refractivity contribution in [1.82, 2.24) is 15.0 Å². The van der Waals surface area contributed by atoms with Crippen LogP contribution in [0.3, 0.4) is 0 Å². The van der Waals surface area contributed by atoms with Gasteiger partial charge in [-0.15, -0.1) is 0 Å². The monoisotopic (exact) mass is 370 g/mol. The Morgan fingerprint density at radius 3 is 2.67 bits per heavy atom. The van der Waals surface area contributed by atoms with Gasteiger partial charge in [0.15, 0.2) is 5.82 Å². The standard InChI is InChI=1S/C20H26N4O3/c21-20(10-4-11-20)19-22-18(27-23-19)15-7-12-24(13-8-15)17(25)9-14-26-16-5-2-1-3-6-16/h1-3,5-6,15H,4,7-14,21H2. The lowest BCUT2D eigenvalue weighted by molar-refractivity contribution is -0.132. The maximum absolute atomic E-state index is 12.4. The highest BCUT2D eigenvalue weighted by Gasteiger charge is 2.39. The third kappa shape index (κ3) is 3.98. The smallest absolute Gasteiger partial charge is 0.229 e. The highest BCUT2D eigenvalue weighted by molar-refractivity contribution is 5.76.